The van der Waals surface area contributed by atoms with Crippen molar-refractivity contribution in [2.24, 2.45) is 5.92 Å². The number of rotatable bonds is 6. The van der Waals surface area contributed by atoms with Crippen LogP contribution in [0.4, 0.5) is 23.7 Å². The Balaban J connectivity index is 1.95. The highest BCUT2D eigenvalue weighted by molar-refractivity contribution is 5.87. The highest BCUT2D eigenvalue weighted by Crippen LogP contribution is 2.31. The molecular weight excluding hydrogens is 399 g/mol. The number of carbonyl (C=O) groups excluding carboxylic acids is 2. The first-order valence-electron chi connectivity index (χ1n) is 9.74. The minimum absolute atomic E-state index is 0.140. The predicted octanol–water partition coefficient (Wildman–Crippen LogP) is 2.59. The number of carbonyl (C=O) groups is 2. The first-order valence-corrected chi connectivity index (χ1v) is 9.74. The van der Waals surface area contributed by atoms with Gasteiger partial charge in [0.05, 0.1) is 11.6 Å². The standard InChI is InChI=1S/C20H26F3N5O2/c1-14(2)12-17(18(29)25-7-6-24)26-19(30)28-10-8-27(9-11-28)16-5-3-4-15(13-16)20(21,22)23/h3-5,13-14,17H,7-12H2,1-2H3,(H,25,29)(H,26,30)/t17-/m0/s1. The van der Waals surface area contributed by atoms with E-state index < -0.39 is 29.7 Å². The van der Waals surface area contributed by atoms with Crippen LogP contribution in [0.3, 0.4) is 0 Å². The van der Waals surface area contributed by atoms with Crippen LogP contribution >= 0.6 is 0 Å². The third-order valence-corrected chi connectivity index (χ3v) is 4.77. The number of alkyl halides is 3. The lowest BCUT2D eigenvalue weighted by molar-refractivity contribution is -0.137. The van der Waals surface area contributed by atoms with Gasteiger partial charge in [-0.05, 0) is 30.5 Å². The number of urea groups is 1. The van der Waals surface area contributed by atoms with Crippen molar-refractivity contribution in [1.82, 2.24) is 15.5 Å². The zero-order valence-electron chi connectivity index (χ0n) is 17.0. The smallest absolute Gasteiger partial charge is 0.368 e. The molecule has 1 aromatic rings. The molecule has 1 atom stereocenters. The van der Waals surface area contributed by atoms with Crippen LogP contribution in [0, 0.1) is 17.2 Å². The number of amides is 3. The Morgan fingerprint density at radius 1 is 1.20 bits per heavy atom. The summed E-state index contributed by atoms with van der Waals surface area (Å²) in [5, 5.41) is 13.8. The van der Waals surface area contributed by atoms with Crippen molar-refractivity contribution in [3.8, 4) is 6.07 Å². The monoisotopic (exact) mass is 425 g/mol. The largest absolute Gasteiger partial charge is 0.416 e. The Labute approximate surface area is 173 Å². The normalized spacial score (nSPS) is 15.5. The van der Waals surface area contributed by atoms with Crippen molar-refractivity contribution >= 4 is 17.6 Å². The molecule has 3 amide bonds. The minimum atomic E-state index is -4.41. The van der Waals surface area contributed by atoms with Crippen LogP contribution in [0.5, 0.6) is 0 Å². The third kappa shape index (κ3) is 6.54. The van der Waals surface area contributed by atoms with Crippen LogP contribution in [0.15, 0.2) is 24.3 Å². The van der Waals surface area contributed by atoms with Gasteiger partial charge in [0.1, 0.15) is 12.6 Å². The van der Waals surface area contributed by atoms with E-state index in [0.29, 0.717) is 38.3 Å². The first-order chi connectivity index (χ1) is 14.1. The molecule has 10 heteroatoms. The van der Waals surface area contributed by atoms with Gasteiger partial charge in [0.15, 0.2) is 0 Å². The van der Waals surface area contributed by atoms with E-state index in [1.54, 1.807) is 11.0 Å². The summed E-state index contributed by atoms with van der Waals surface area (Å²) in [6.45, 7) is 5.09. The van der Waals surface area contributed by atoms with Gasteiger partial charge >= 0.3 is 12.2 Å². The molecule has 0 saturated carbocycles. The summed E-state index contributed by atoms with van der Waals surface area (Å²) >= 11 is 0. The molecule has 0 bridgehead atoms. The highest BCUT2D eigenvalue weighted by atomic mass is 19.4. The fraction of sp³-hybridized carbons (Fsp3) is 0.550. The second kappa shape index (κ2) is 10.2. The van der Waals surface area contributed by atoms with Gasteiger partial charge in [-0.25, -0.2) is 4.79 Å². The molecule has 0 spiro atoms. The quantitative estimate of drug-likeness (QED) is 0.686. The molecule has 1 saturated heterocycles. The van der Waals surface area contributed by atoms with E-state index in [9.17, 15) is 22.8 Å². The van der Waals surface area contributed by atoms with Crippen LogP contribution in [-0.4, -0.2) is 55.6 Å². The summed E-state index contributed by atoms with van der Waals surface area (Å²) in [4.78, 5) is 28.1. The molecule has 1 aromatic carbocycles. The van der Waals surface area contributed by atoms with Crippen molar-refractivity contribution in [2.45, 2.75) is 32.5 Å². The van der Waals surface area contributed by atoms with Crippen molar-refractivity contribution in [3.63, 3.8) is 0 Å². The third-order valence-electron chi connectivity index (χ3n) is 4.77. The van der Waals surface area contributed by atoms with Gasteiger partial charge < -0.3 is 20.4 Å². The van der Waals surface area contributed by atoms with Crippen molar-refractivity contribution in [1.29, 1.82) is 5.26 Å². The zero-order chi connectivity index (χ0) is 22.3. The average Bonchev–Trinajstić information content (AvgIpc) is 2.70. The summed E-state index contributed by atoms with van der Waals surface area (Å²) in [5.41, 5.74) is -0.251. The maximum Gasteiger partial charge on any atom is 0.416 e. The van der Waals surface area contributed by atoms with E-state index in [0.717, 1.165) is 12.1 Å². The van der Waals surface area contributed by atoms with Gasteiger partial charge in [0.25, 0.3) is 0 Å². The van der Waals surface area contributed by atoms with E-state index in [-0.39, 0.29) is 12.5 Å². The predicted molar refractivity (Wildman–Crippen MR) is 106 cm³/mol. The Morgan fingerprint density at radius 3 is 2.43 bits per heavy atom. The van der Waals surface area contributed by atoms with Gasteiger partial charge in [0.2, 0.25) is 5.91 Å². The summed E-state index contributed by atoms with van der Waals surface area (Å²) in [7, 11) is 0. The maximum absolute atomic E-state index is 12.9. The number of benzene rings is 1. The number of anilines is 1. The molecule has 1 fully saturated rings. The van der Waals surface area contributed by atoms with Crippen molar-refractivity contribution in [3.05, 3.63) is 29.8 Å². The molecule has 1 heterocycles. The fourth-order valence-corrected chi connectivity index (χ4v) is 3.24. The lowest BCUT2D eigenvalue weighted by Crippen LogP contribution is -2.56. The van der Waals surface area contributed by atoms with Gasteiger partial charge in [-0.1, -0.05) is 19.9 Å². The van der Waals surface area contributed by atoms with Crippen LogP contribution in [0.25, 0.3) is 0 Å². The summed E-state index contributed by atoms with van der Waals surface area (Å²) < 4.78 is 38.8. The minimum Gasteiger partial charge on any atom is -0.368 e. The molecule has 0 unspecified atom stereocenters. The second-order valence-electron chi connectivity index (χ2n) is 7.53. The van der Waals surface area contributed by atoms with Crippen LogP contribution in [0.2, 0.25) is 0 Å². The van der Waals surface area contributed by atoms with Crippen molar-refractivity contribution in [2.75, 3.05) is 37.6 Å². The molecule has 1 aliphatic rings. The lowest BCUT2D eigenvalue weighted by atomic mass is 10.0. The fourth-order valence-electron chi connectivity index (χ4n) is 3.24. The lowest BCUT2D eigenvalue weighted by Gasteiger charge is -2.37. The Kier molecular flexibility index (Phi) is 7.92. The van der Waals surface area contributed by atoms with E-state index in [2.05, 4.69) is 10.6 Å². The van der Waals surface area contributed by atoms with Crippen LogP contribution < -0.4 is 15.5 Å². The van der Waals surface area contributed by atoms with Crippen LogP contribution in [0.1, 0.15) is 25.8 Å². The number of hydrogen-bond donors (Lipinski definition) is 2. The van der Waals surface area contributed by atoms with Gasteiger partial charge in [-0.3, -0.25) is 4.79 Å². The molecule has 7 nitrogen and oxygen atoms in total. The van der Waals surface area contributed by atoms with E-state index >= 15 is 0 Å². The highest BCUT2D eigenvalue weighted by Gasteiger charge is 2.31. The number of halogens is 3. The Bertz CT molecular complexity index is 783. The van der Waals surface area contributed by atoms with Crippen molar-refractivity contribution < 1.29 is 22.8 Å². The first kappa shape index (κ1) is 23.3. The summed E-state index contributed by atoms with van der Waals surface area (Å²) in [5.74, 6) is -0.262. The molecule has 1 aliphatic heterocycles. The van der Waals surface area contributed by atoms with E-state index in [4.69, 9.17) is 5.26 Å². The Hall–Kier alpha value is -2.96. The number of nitriles is 1. The zero-order valence-corrected chi connectivity index (χ0v) is 17.0. The molecule has 164 valence electrons. The molecular formula is C20H26F3N5O2. The van der Waals surface area contributed by atoms with Gasteiger partial charge in [-0.2, -0.15) is 18.4 Å². The second-order valence-corrected chi connectivity index (χ2v) is 7.53. The van der Waals surface area contributed by atoms with Crippen LogP contribution in [-0.2, 0) is 11.0 Å². The molecule has 0 aliphatic carbocycles. The average molecular weight is 425 g/mol. The summed E-state index contributed by atoms with van der Waals surface area (Å²) in [6.07, 6.45) is -3.98. The molecule has 0 aromatic heterocycles. The molecule has 0 radical (unpaired) electrons. The molecule has 2 rings (SSSR count). The van der Waals surface area contributed by atoms with Gasteiger partial charge in [-0.15, -0.1) is 0 Å². The maximum atomic E-state index is 12.9. The Morgan fingerprint density at radius 2 is 1.87 bits per heavy atom. The SMILES string of the molecule is CC(C)C[C@H](NC(=O)N1CCN(c2cccc(C(F)(F)F)c2)CC1)C(=O)NCC#N. The number of nitrogens with one attached hydrogen (secondary N) is 2. The topological polar surface area (TPSA) is 88.5 Å². The van der Waals surface area contributed by atoms with Gasteiger partial charge in [0, 0.05) is 31.9 Å². The van der Waals surface area contributed by atoms with E-state index in [1.165, 1.54) is 11.0 Å². The molecule has 30 heavy (non-hydrogen) atoms. The molecule has 2 N–H and O–H groups in total. The number of hydrogen-bond acceptors (Lipinski definition) is 4. The van der Waals surface area contributed by atoms with E-state index in [1.807, 2.05) is 19.9 Å². The summed E-state index contributed by atoms with van der Waals surface area (Å²) in [6, 6.07) is 5.78. The number of piperazine rings is 1. The number of nitrogens with zero attached hydrogens (tertiary/aromatic N) is 3.